The van der Waals surface area contributed by atoms with Crippen molar-refractivity contribution in [3.63, 3.8) is 0 Å². The van der Waals surface area contributed by atoms with Gasteiger partial charge < -0.3 is 5.73 Å². The molecule has 0 spiro atoms. The van der Waals surface area contributed by atoms with Gasteiger partial charge in [0.1, 0.15) is 0 Å². The Balaban J connectivity index is 3.15. The van der Waals surface area contributed by atoms with Crippen LogP contribution in [-0.4, -0.2) is 31.6 Å². The van der Waals surface area contributed by atoms with Gasteiger partial charge in [-0.1, -0.05) is 31.5 Å². The van der Waals surface area contributed by atoms with Crippen LogP contribution in [0.3, 0.4) is 0 Å². The van der Waals surface area contributed by atoms with Crippen molar-refractivity contribution in [1.29, 1.82) is 5.41 Å². The van der Waals surface area contributed by atoms with Crippen LogP contribution in [0.15, 0.2) is 23.1 Å². The van der Waals surface area contributed by atoms with E-state index in [0.717, 1.165) is 11.1 Å². The Morgan fingerprint density at radius 3 is 2.45 bits per heavy atom. The lowest BCUT2D eigenvalue weighted by Crippen LogP contribution is -2.38. The second-order valence-corrected chi connectivity index (χ2v) is 6.99. The van der Waals surface area contributed by atoms with Crippen LogP contribution in [0.4, 0.5) is 0 Å². The molecule has 0 aliphatic rings. The molecule has 6 heteroatoms. The number of rotatable bonds is 6. The molecular weight excluding hydrogens is 274 g/mol. The molecule has 0 fully saturated rings. The molecule has 1 aromatic rings. The predicted molar refractivity (Wildman–Crippen MR) is 81.4 cm³/mol. The normalized spacial score (nSPS) is 13.4. The Hall–Kier alpha value is -1.40. The lowest BCUT2D eigenvalue weighted by atomic mass is 10.1. The van der Waals surface area contributed by atoms with Gasteiger partial charge in [-0.25, -0.2) is 8.42 Å². The molecule has 0 aliphatic heterocycles. The van der Waals surface area contributed by atoms with Crippen molar-refractivity contribution in [1.82, 2.24) is 4.31 Å². The van der Waals surface area contributed by atoms with E-state index in [0.29, 0.717) is 11.4 Å². The Morgan fingerprint density at radius 1 is 1.40 bits per heavy atom. The SMILES string of the molecule is CCN(CC(C)C(=N)N)S(=O)(=O)c1ccc(C)cc1C. The molecule has 0 saturated heterocycles. The molecule has 0 radical (unpaired) electrons. The summed E-state index contributed by atoms with van der Waals surface area (Å²) in [5.41, 5.74) is 7.20. The molecule has 1 rings (SSSR count). The van der Waals surface area contributed by atoms with Crippen molar-refractivity contribution in [3.05, 3.63) is 29.3 Å². The fourth-order valence-electron chi connectivity index (χ4n) is 2.03. The standard InChI is InChI=1S/C14H23N3O2S/c1-5-17(9-12(4)14(15)16)20(18,19)13-7-6-10(2)8-11(13)3/h6-8,12H,5,9H2,1-4H3,(H3,15,16). The van der Waals surface area contributed by atoms with Gasteiger partial charge in [-0.3, -0.25) is 5.41 Å². The van der Waals surface area contributed by atoms with E-state index in [1.807, 2.05) is 13.0 Å². The summed E-state index contributed by atoms with van der Waals surface area (Å²) < 4.78 is 26.7. The highest BCUT2D eigenvalue weighted by molar-refractivity contribution is 7.89. The minimum absolute atomic E-state index is 0.000668. The third-order valence-electron chi connectivity index (χ3n) is 3.31. The number of aryl methyl sites for hydroxylation is 2. The van der Waals surface area contributed by atoms with Gasteiger partial charge in [0.25, 0.3) is 0 Å². The number of hydrogen-bond acceptors (Lipinski definition) is 3. The molecule has 112 valence electrons. The summed E-state index contributed by atoms with van der Waals surface area (Å²) >= 11 is 0. The van der Waals surface area contributed by atoms with Gasteiger partial charge >= 0.3 is 0 Å². The first-order chi connectivity index (χ1) is 9.20. The Morgan fingerprint density at radius 2 is 2.00 bits per heavy atom. The molecule has 20 heavy (non-hydrogen) atoms. The summed E-state index contributed by atoms with van der Waals surface area (Å²) in [7, 11) is -3.55. The molecule has 3 N–H and O–H groups in total. The summed E-state index contributed by atoms with van der Waals surface area (Å²) in [6.07, 6.45) is 0. The minimum Gasteiger partial charge on any atom is -0.387 e. The average molecular weight is 297 g/mol. The third-order valence-corrected chi connectivity index (χ3v) is 5.41. The number of nitrogens with two attached hydrogens (primary N) is 1. The minimum atomic E-state index is -3.55. The topological polar surface area (TPSA) is 87.2 Å². The number of sulfonamides is 1. The second-order valence-electron chi connectivity index (χ2n) is 5.08. The van der Waals surface area contributed by atoms with Crippen molar-refractivity contribution in [3.8, 4) is 0 Å². The van der Waals surface area contributed by atoms with E-state index < -0.39 is 10.0 Å². The maximum atomic E-state index is 12.7. The number of hydrogen-bond donors (Lipinski definition) is 2. The van der Waals surface area contributed by atoms with Crippen LogP contribution in [-0.2, 0) is 10.0 Å². The molecule has 1 unspecified atom stereocenters. The summed E-state index contributed by atoms with van der Waals surface area (Å²) in [4.78, 5) is 0.320. The average Bonchev–Trinajstić information content (AvgIpc) is 2.34. The van der Waals surface area contributed by atoms with Crippen molar-refractivity contribution < 1.29 is 8.42 Å². The molecule has 0 aromatic heterocycles. The predicted octanol–water partition coefficient (Wildman–Crippen LogP) is 1.89. The van der Waals surface area contributed by atoms with Crippen LogP contribution in [0, 0.1) is 25.2 Å². The number of nitrogens with one attached hydrogen (secondary N) is 1. The molecule has 0 bridgehead atoms. The summed E-state index contributed by atoms with van der Waals surface area (Å²) in [5, 5.41) is 7.40. The molecule has 5 nitrogen and oxygen atoms in total. The van der Waals surface area contributed by atoms with Crippen LogP contribution in [0.2, 0.25) is 0 Å². The first-order valence-corrected chi connectivity index (χ1v) is 8.05. The van der Waals surface area contributed by atoms with Gasteiger partial charge in [0.05, 0.1) is 10.7 Å². The molecule has 1 atom stereocenters. The highest BCUT2D eigenvalue weighted by Gasteiger charge is 2.26. The van der Waals surface area contributed by atoms with Crippen molar-refractivity contribution in [2.45, 2.75) is 32.6 Å². The molecule has 0 heterocycles. The third kappa shape index (κ3) is 3.58. The molecule has 0 saturated carbocycles. The number of benzene rings is 1. The Kier molecular flexibility index (Phi) is 5.30. The lowest BCUT2D eigenvalue weighted by Gasteiger charge is -2.24. The Labute approximate surface area is 121 Å². The zero-order chi connectivity index (χ0) is 15.5. The first-order valence-electron chi connectivity index (χ1n) is 6.61. The van der Waals surface area contributed by atoms with Crippen LogP contribution >= 0.6 is 0 Å². The maximum Gasteiger partial charge on any atom is 0.243 e. The first kappa shape index (κ1) is 16.7. The van der Waals surface area contributed by atoms with Crippen molar-refractivity contribution in [2.24, 2.45) is 11.7 Å². The van der Waals surface area contributed by atoms with Crippen LogP contribution in [0.5, 0.6) is 0 Å². The van der Waals surface area contributed by atoms with Crippen molar-refractivity contribution in [2.75, 3.05) is 13.1 Å². The quantitative estimate of drug-likeness (QED) is 0.621. The van der Waals surface area contributed by atoms with Gasteiger partial charge in [-0.15, -0.1) is 0 Å². The largest absolute Gasteiger partial charge is 0.387 e. The van der Waals surface area contributed by atoms with Gasteiger partial charge in [0.15, 0.2) is 0 Å². The van der Waals surface area contributed by atoms with Crippen LogP contribution in [0.1, 0.15) is 25.0 Å². The van der Waals surface area contributed by atoms with E-state index in [-0.39, 0.29) is 18.3 Å². The fraction of sp³-hybridized carbons (Fsp3) is 0.500. The lowest BCUT2D eigenvalue weighted by molar-refractivity contribution is 0.403. The smallest absolute Gasteiger partial charge is 0.243 e. The zero-order valence-electron chi connectivity index (χ0n) is 12.5. The molecule has 1 aromatic carbocycles. The fourth-order valence-corrected chi connectivity index (χ4v) is 3.77. The summed E-state index contributed by atoms with van der Waals surface area (Å²) in [6, 6.07) is 5.29. The zero-order valence-corrected chi connectivity index (χ0v) is 13.3. The summed E-state index contributed by atoms with van der Waals surface area (Å²) in [5.74, 6) is -0.297. The van der Waals surface area contributed by atoms with Gasteiger partial charge in [0.2, 0.25) is 10.0 Å². The molecular formula is C14H23N3O2S. The second kappa shape index (κ2) is 6.37. The molecule has 0 aliphatic carbocycles. The van der Waals surface area contributed by atoms with E-state index in [1.54, 1.807) is 32.9 Å². The van der Waals surface area contributed by atoms with Gasteiger partial charge in [-0.05, 0) is 25.5 Å². The van der Waals surface area contributed by atoms with Gasteiger partial charge in [-0.2, -0.15) is 4.31 Å². The van der Waals surface area contributed by atoms with Crippen LogP contribution in [0.25, 0.3) is 0 Å². The van der Waals surface area contributed by atoms with Gasteiger partial charge in [0, 0.05) is 19.0 Å². The Bertz CT molecular complexity index is 596. The monoisotopic (exact) mass is 297 g/mol. The van der Waals surface area contributed by atoms with Crippen molar-refractivity contribution >= 4 is 15.9 Å². The highest BCUT2D eigenvalue weighted by Crippen LogP contribution is 2.21. The van der Waals surface area contributed by atoms with E-state index in [4.69, 9.17) is 11.1 Å². The van der Waals surface area contributed by atoms with E-state index in [2.05, 4.69) is 0 Å². The van der Waals surface area contributed by atoms with E-state index in [1.165, 1.54) is 4.31 Å². The van der Waals surface area contributed by atoms with E-state index >= 15 is 0 Å². The van der Waals surface area contributed by atoms with E-state index in [9.17, 15) is 8.42 Å². The van der Waals surface area contributed by atoms with Crippen LogP contribution < -0.4 is 5.73 Å². The highest BCUT2D eigenvalue weighted by atomic mass is 32.2. The maximum absolute atomic E-state index is 12.7. The number of nitrogens with zero attached hydrogens (tertiary/aromatic N) is 1. The number of amidine groups is 1. The molecule has 0 amide bonds. The summed E-state index contributed by atoms with van der Waals surface area (Å²) in [6.45, 7) is 7.84.